The van der Waals surface area contributed by atoms with Crippen LogP contribution in [0, 0.1) is 5.82 Å². The molecule has 1 N–H and O–H groups in total. The van der Waals surface area contributed by atoms with Crippen LogP contribution in [-0.2, 0) is 17.8 Å². The molecule has 1 heterocycles. The summed E-state index contributed by atoms with van der Waals surface area (Å²) in [6.07, 6.45) is 1.97. The molecule has 0 aliphatic carbocycles. The van der Waals surface area contributed by atoms with E-state index < -0.39 is 0 Å². The number of nitrogens with zero attached hydrogens (tertiary/aromatic N) is 3. The minimum absolute atomic E-state index is 0.0162. The molecular formula is C21H25FN4O. The van der Waals surface area contributed by atoms with E-state index in [0.29, 0.717) is 12.5 Å². The van der Waals surface area contributed by atoms with E-state index in [4.69, 9.17) is 0 Å². The number of para-hydroxylation sites is 1. The largest absolute Gasteiger partial charge is 0.347 e. The summed E-state index contributed by atoms with van der Waals surface area (Å²) in [5.41, 5.74) is 3.06. The number of nitrogens with one attached hydrogen (secondary N) is 1. The van der Waals surface area contributed by atoms with Crippen LogP contribution >= 0.6 is 0 Å². The average molecular weight is 368 g/mol. The summed E-state index contributed by atoms with van der Waals surface area (Å²) >= 11 is 0. The van der Waals surface area contributed by atoms with Gasteiger partial charge < -0.3 is 15.1 Å². The fraction of sp³-hybridized carbons (Fsp3) is 0.333. The first-order valence-corrected chi connectivity index (χ1v) is 9.13. The SMILES string of the molecule is CN=C(NCC(=O)N1CCCc2ccccc21)N(C)Cc1cccc(F)c1. The van der Waals surface area contributed by atoms with Crippen molar-refractivity contribution < 1.29 is 9.18 Å². The Hall–Kier alpha value is -2.89. The molecule has 0 fully saturated rings. The zero-order valence-corrected chi connectivity index (χ0v) is 15.8. The number of aliphatic imine (C=N–C) groups is 1. The molecule has 0 saturated carbocycles. The molecule has 6 heteroatoms. The summed E-state index contributed by atoms with van der Waals surface area (Å²) in [5.74, 6) is 0.350. The van der Waals surface area contributed by atoms with Crippen LogP contribution in [0.1, 0.15) is 17.5 Å². The molecule has 2 aromatic carbocycles. The van der Waals surface area contributed by atoms with Gasteiger partial charge in [-0.25, -0.2) is 4.39 Å². The molecule has 3 rings (SSSR count). The molecule has 1 amide bonds. The minimum Gasteiger partial charge on any atom is -0.347 e. The van der Waals surface area contributed by atoms with Crippen molar-refractivity contribution in [2.75, 3.05) is 32.1 Å². The lowest BCUT2D eigenvalue weighted by atomic mass is 10.0. The van der Waals surface area contributed by atoms with Crippen molar-refractivity contribution in [3.8, 4) is 0 Å². The summed E-state index contributed by atoms with van der Waals surface area (Å²) in [6.45, 7) is 1.39. The zero-order chi connectivity index (χ0) is 19.2. The molecule has 1 aliphatic heterocycles. The number of halogens is 1. The molecule has 0 spiro atoms. The Morgan fingerprint density at radius 3 is 2.85 bits per heavy atom. The number of hydrogen-bond donors (Lipinski definition) is 1. The maximum Gasteiger partial charge on any atom is 0.246 e. The first-order chi connectivity index (χ1) is 13.1. The van der Waals surface area contributed by atoms with Gasteiger partial charge in [0.05, 0.1) is 6.54 Å². The van der Waals surface area contributed by atoms with Crippen LogP contribution in [0.4, 0.5) is 10.1 Å². The van der Waals surface area contributed by atoms with Crippen molar-refractivity contribution in [3.05, 3.63) is 65.5 Å². The number of hydrogen-bond acceptors (Lipinski definition) is 2. The molecule has 0 bridgehead atoms. The van der Waals surface area contributed by atoms with Gasteiger partial charge in [-0.1, -0.05) is 30.3 Å². The first kappa shape index (κ1) is 18.9. The van der Waals surface area contributed by atoms with Gasteiger partial charge in [0, 0.05) is 32.9 Å². The molecule has 142 valence electrons. The maximum absolute atomic E-state index is 13.4. The van der Waals surface area contributed by atoms with Crippen LogP contribution in [0.3, 0.4) is 0 Å². The zero-order valence-electron chi connectivity index (χ0n) is 15.8. The number of anilines is 1. The van der Waals surface area contributed by atoms with Crippen LogP contribution < -0.4 is 10.2 Å². The highest BCUT2D eigenvalue weighted by atomic mass is 19.1. The number of aryl methyl sites for hydroxylation is 1. The standard InChI is InChI=1S/C21H25FN4O/c1-23-21(25(2)15-16-7-5-10-18(22)13-16)24-14-20(27)26-12-6-9-17-8-3-4-11-19(17)26/h3-5,7-8,10-11,13H,6,9,12,14-15H2,1-2H3,(H,23,24). The van der Waals surface area contributed by atoms with E-state index in [2.05, 4.69) is 16.4 Å². The summed E-state index contributed by atoms with van der Waals surface area (Å²) in [4.78, 5) is 20.7. The lowest BCUT2D eigenvalue weighted by molar-refractivity contribution is -0.117. The number of carbonyl (C=O) groups excluding carboxylic acids is 1. The molecule has 0 aromatic heterocycles. The monoisotopic (exact) mass is 368 g/mol. The Balaban J connectivity index is 1.60. The summed E-state index contributed by atoms with van der Waals surface area (Å²) in [5, 5.41) is 3.12. The summed E-state index contributed by atoms with van der Waals surface area (Å²) < 4.78 is 13.4. The van der Waals surface area contributed by atoms with Gasteiger partial charge >= 0.3 is 0 Å². The van der Waals surface area contributed by atoms with E-state index in [-0.39, 0.29) is 18.3 Å². The van der Waals surface area contributed by atoms with Crippen LogP contribution in [-0.4, -0.2) is 44.0 Å². The van der Waals surface area contributed by atoms with Crippen molar-refractivity contribution in [2.45, 2.75) is 19.4 Å². The highest BCUT2D eigenvalue weighted by Gasteiger charge is 2.22. The molecule has 5 nitrogen and oxygen atoms in total. The fourth-order valence-corrected chi connectivity index (χ4v) is 3.41. The third kappa shape index (κ3) is 4.64. The van der Waals surface area contributed by atoms with Gasteiger partial charge in [-0.3, -0.25) is 9.79 Å². The number of guanidine groups is 1. The van der Waals surface area contributed by atoms with Gasteiger partial charge in [-0.2, -0.15) is 0 Å². The summed E-state index contributed by atoms with van der Waals surface area (Å²) in [6, 6.07) is 14.5. The van der Waals surface area contributed by atoms with Crippen molar-refractivity contribution in [1.82, 2.24) is 10.2 Å². The van der Waals surface area contributed by atoms with Gasteiger partial charge in [-0.05, 0) is 42.2 Å². The smallest absolute Gasteiger partial charge is 0.246 e. The molecule has 0 saturated heterocycles. The minimum atomic E-state index is -0.261. The van der Waals surface area contributed by atoms with Gasteiger partial charge in [0.2, 0.25) is 5.91 Å². The second-order valence-corrected chi connectivity index (χ2v) is 6.66. The summed E-state index contributed by atoms with van der Waals surface area (Å²) in [7, 11) is 3.53. The quantitative estimate of drug-likeness (QED) is 0.667. The second-order valence-electron chi connectivity index (χ2n) is 6.66. The number of amides is 1. The molecule has 0 atom stereocenters. The highest BCUT2D eigenvalue weighted by Crippen LogP contribution is 2.26. The van der Waals surface area contributed by atoms with Crippen molar-refractivity contribution in [1.29, 1.82) is 0 Å². The average Bonchev–Trinajstić information content (AvgIpc) is 2.68. The Morgan fingerprint density at radius 2 is 2.07 bits per heavy atom. The molecule has 0 radical (unpaired) electrons. The predicted octanol–water partition coefficient (Wildman–Crippen LogP) is 2.81. The lowest BCUT2D eigenvalue weighted by Gasteiger charge is -2.30. The molecule has 2 aromatic rings. The third-order valence-corrected chi connectivity index (χ3v) is 4.69. The molecule has 1 aliphatic rings. The van der Waals surface area contributed by atoms with Gasteiger partial charge in [0.1, 0.15) is 5.82 Å². The Bertz CT molecular complexity index is 836. The molecule has 0 unspecified atom stereocenters. The van der Waals surface area contributed by atoms with E-state index in [1.54, 1.807) is 13.1 Å². The van der Waals surface area contributed by atoms with E-state index >= 15 is 0 Å². The Labute approximate surface area is 159 Å². The van der Waals surface area contributed by atoms with Gasteiger partial charge in [0.25, 0.3) is 0 Å². The highest BCUT2D eigenvalue weighted by molar-refractivity contribution is 5.98. The topological polar surface area (TPSA) is 47.9 Å². The predicted molar refractivity (Wildman–Crippen MR) is 106 cm³/mol. The number of fused-ring (bicyclic) bond motifs is 1. The Morgan fingerprint density at radius 1 is 1.26 bits per heavy atom. The molecule has 27 heavy (non-hydrogen) atoms. The second kappa shape index (κ2) is 8.66. The number of carbonyl (C=O) groups is 1. The number of rotatable bonds is 4. The van der Waals surface area contributed by atoms with Crippen LogP contribution in [0.25, 0.3) is 0 Å². The van der Waals surface area contributed by atoms with Crippen molar-refractivity contribution >= 4 is 17.6 Å². The van der Waals surface area contributed by atoms with E-state index in [9.17, 15) is 9.18 Å². The van der Waals surface area contributed by atoms with E-state index in [1.807, 2.05) is 41.1 Å². The Kier molecular flexibility index (Phi) is 6.06. The lowest BCUT2D eigenvalue weighted by Crippen LogP contribution is -2.46. The van der Waals surface area contributed by atoms with Crippen LogP contribution in [0.15, 0.2) is 53.5 Å². The first-order valence-electron chi connectivity index (χ1n) is 9.13. The van der Waals surface area contributed by atoms with Crippen molar-refractivity contribution in [2.24, 2.45) is 4.99 Å². The third-order valence-electron chi connectivity index (χ3n) is 4.69. The van der Waals surface area contributed by atoms with E-state index in [1.165, 1.54) is 17.7 Å². The number of benzene rings is 2. The van der Waals surface area contributed by atoms with E-state index in [0.717, 1.165) is 30.6 Å². The maximum atomic E-state index is 13.4. The molecular weight excluding hydrogens is 343 g/mol. The normalized spacial score (nSPS) is 13.9. The van der Waals surface area contributed by atoms with Crippen LogP contribution in [0.2, 0.25) is 0 Å². The van der Waals surface area contributed by atoms with Gasteiger partial charge in [0.15, 0.2) is 5.96 Å². The van der Waals surface area contributed by atoms with Gasteiger partial charge in [-0.15, -0.1) is 0 Å². The van der Waals surface area contributed by atoms with Crippen LogP contribution in [0.5, 0.6) is 0 Å². The van der Waals surface area contributed by atoms with Crippen molar-refractivity contribution in [3.63, 3.8) is 0 Å². The fourth-order valence-electron chi connectivity index (χ4n) is 3.41.